The fourth-order valence-corrected chi connectivity index (χ4v) is 8.80. The van der Waals surface area contributed by atoms with Crippen molar-refractivity contribution in [2.75, 3.05) is 0 Å². The van der Waals surface area contributed by atoms with Crippen LogP contribution in [0.15, 0.2) is 192 Å². The molecule has 3 heteroatoms. The number of nitrogens with zero attached hydrogens (tertiary/aromatic N) is 2. The lowest BCUT2D eigenvalue weighted by Crippen LogP contribution is -2.02. The number of hydrogen-bond donors (Lipinski definition) is 0. The van der Waals surface area contributed by atoms with E-state index in [2.05, 4.69) is 187 Å². The molecule has 0 saturated heterocycles. The number of furan rings is 1. The van der Waals surface area contributed by atoms with Gasteiger partial charge in [0.2, 0.25) is 0 Å². The Morgan fingerprint density at radius 1 is 0.429 bits per heavy atom. The Morgan fingerprint density at radius 2 is 1.02 bits per heavy atom. The highest BCUT2D eigenvalue weighted by molar-refractivity contribution is 6.22. The summed E-state index contributed by atoms with van der Waals surface area (Å²) in [6, 6.07) is 67.8. The van der Waals surface area contributed by atoms with E-state index < -0.39 is 0 Å². The second-order valence-electron chi connectivity index (χ2n) is 14.5. The molecule has 0 N–H and O–H groups in total. The van der Waals surface area contributed by atoms with Gasteiger partial charge in [-0.15, -0.1) is 0 Å². The summed E-state index contributed by atoms with van der Waals surface area (Å²) in [7, 11) is 0. The van der Waals surface area contributed by atoms with Gasteiger partial charge in [0.25, 0.3) is 0 Å². The molecule has 0 saturated carbocycles. The zero-order valence-electron chi connectivity index (χ0n) is 30.9. The van der Waals surface area contributed by atoms with Crippen molar-refractivity contribution in [2.24, 2.45) is 0 Å². The van der Waals surface area contributed by atoms with Gasteiger partial charge in [-0.25, -0.2) is 4.98 Å². The van der Waals surface area contributed by atoms with Gasteiger partial charge < -0.3 is 4.42 Å². The van der Waals surface area contributed by atoms with Crippen molar-refractivity contribution in [3.05, 3.63) is 194 Å². The third-order valence-electron chi connectivity index (χ3n) is 11.4. The number of hydrogen-bond acceptors (Lipinski definition) is 2. The molecule has 11 rings (SSSR count). The van der Waals surface area contributed by atoms with E-state index in [1.165, 1.54) is 66.1 Å². The lowest BCUT2D eigenvalue weighted by Gasteiger charge is -2.19. The first-order valence-corrected chi connectivity index (χ1v) is 19.4. The van der Waals surface area contributed by atoms with Gasteiger partial charge in [-0.1, -0.05) is 153 Å². The van der Waals surface area contributed by atoms with Gasteiger partial charge in [-0.3, -0.25) is 4.57 Å². The van der Waals surface area contributed by atoms with Crippen molar-refractivity contribution in [2.45, 2.75) is 13.3 Å². The molecular formula is C53H36N2O. The molecule has 0 aliphatic rings. The first-order valence-electron chi connectivity index (χ1n) is 19.4. The average molecular weight is 717 g/mol. The van der Waals surface area contributed by atoms with Crippen LogP contribution in [0.4, 0.5) is 0 Å². The number of para-hydroxylation sites is 4. The van der Waals surface area contributed by atoms with Crippen molar-refractivity contribution in [3.63, 3.8) is 0 Å². The molecule has 0 unspecified atom stereocenters. The van der Waals surface area contributed by atoms with Crippen molar-refractivity contribution in [1.29, 1.82) is 0 Å². The lowest BCUT2D eigenvalue weighted by atomic mass is 9.84. The molecule has 0 fully saturated rings. The molecule has 0 aliphatic heterocycles. The normalized spacial score (nSPS) is 11.7. The quantitative estimate of drug-likeness (QED) is 0.160. The maximum absolute atomic E-state index is 6.27. The monoisotopic (exact) mass is 716 g/mol. The van der Waals surface area contributed by atoms with Crippen LogP contribution in [0.2, 0.25) is 0 Å². The van der Waals surface area contributed by atoms with E-state index in [0.29, 0.717) is 0 Å². The van der Waals surface area contributed by atoms with Crippen molar-refractivity contribution in [3.8, 4) is 50.2 Å². The highest BCUT2D eigenvalue weighted by Crippen LogP contribution is 2.46. The predicted molar refractivity (Wildman–Crippen MR) is 234 cm³/mol. The molecule has 3 nitrogen and oxygen atoms in total. The molecule has 0 radical (unpaired) electrons. The second kappa shape index (κ2) is 13.0. The molecular weight excluding hydrogens is 681 g/mol. The fraction of sp³-hybridized carbons (Fsp3) is 0.0377. The van der Waals surface area contributed by atoms with E-state index in [1.54, 1.807) is 0 Å². The van der Waals surface area contributed by atoms with Crippen LogP contribution in [0, 0.1) is 0 Å². The van der Waals surface area contributed by atoms with Crippen LogP contribution in [0.3, 0.4) is 0 Å². The van der Waals surface area contributed by atoms with Crippen LogP contribution in [-0.4, -0.2) is 9.55 Å². The second-order valence-corrected chi connectivity index (χ2v) is 14.5. The first-order chi connectivity index (χ1) is 27.7. The molecule has 0 atom stereocenters. The Hall–Kier alpha value is -7.23. The molecule has 2 aromatic heterocycles. The molecule has 0 amide bonds. The van der Waals surface area contributed by atoms with Crippen molar-refractivity contribution >= 4 is 54.5 Å². The zero-order valence-corrected chi connectivity index (χ0v) is 30.9. The van der Waals surface area contributed by atoms with Crippen LogP contribution in [-0.2, 0) is 6.42 Å². The Morgan fingerprint density at radius 3 is 1.84 bits per heavy atom. The largest absolute Gasteiger partial charge is 0.456 e. The number of aryl methyl sites for hydroxylation is 1. The maximum Gasteiger partial charge on any atom is 0.135 e. The Bertz CT molecular complexity index is 3280. The number of fused-ring (bicyclic) bond motifs is 6. The molecule has 264 valence electrons. The molecule has 11 aromatic rings. The summed E-state index contributed by atoms with van der Waals surface area (Å²) in [4.78, 5) is 4.99. The molecule has 0 aliphatic carbocycles. The van der Waals surface area contributed by atoms with Gasteiger partial charge in [0.15, 0.2) is 0 Å². The maximum atomic E-state index is 6.27. The highest BCUT2D eigenvalue weighted by Gasteiger charge is 2.20. The summed E-state index contributed by atoms with van der Waals surface area (Å²) in [6.45, 7) is 2.18. The summed E-state index contributed by atoms with van der Waals surface area (Å²) in [5.74, 6) is 1.06. The smallest absolute Gasteiger partial charge is 0.135 e. The summed E-state index contributed by atoms with van der Waals surface area (Å²) in [6.07, 6.45) is 0.844. The van der Waals surface area contributed by atoms with Crippen LogP contribution in [0.25, 0.3) is 105 Å². The van der Waals surface area contributed by atoms with Crippen molar-refractivity contribution in [1.82, 2.24) is 9.55 Å². The summed E-state index contributed by atoms with van der Waals surface area (Å²) in [5.41, 5.74) is 14.7. The number of benzene rings is 9. The van der Waals surface area contributed by atoms with Crippen molar-refractivity contribution < 1.29 is 4.42 Å². The summed E-state index contributed by atoms with van der Waals surface area (Å²) >= 11 is 0. The third kappa shape index (κ3) is 5.09. The predicted octanol–water partition coefficient (Wildman–Crippen LogP) is 14.5. The van der Waals surface area contributed by atoms with Gasteiger partial charge in [0.1, 0.15) is 17.0 Å². The third-order valence-corrected chi connectivity index (χ3v) is 11.4. The number of imidazole rings is 1. The van der Waals surface area contributed by atoms with E-state index in [-0.39, 0.29) is 0 Å². The Labute approximate surface area is 324 Å². The van der Waals surface area contributed by atoms with E-state index in [0.717, 1.165) is 50.9 Å². The Kier molecular flexibility index (Phi) is 7.46. The van der Waals surface area contributed by atoms with Crippen LogP contribution in [0.5, 0.6) is 0 Å². The molecule has 9 aromatic carbocycles. The van der Waals surface area contributed by atoms with Crippen LogP contribution in [0.1, 0.15) is 12.7 Å². The fourth-order valence-electron chi connectivity index (χ4n) is 8.80. The SMILES string of the molecule is CCc1nc2ccccc2n1-c1ccccc1-c1ccc(-c2c3ccccc3c(-c3ccc4oc5ccccc5c4c3)c3cc(-c4ccccc4)ccc23)cc1. The molecule has 56 heavy (non-hydrogen) atoms. The van der Waals surface area contributed by atoms with Gasteiger partial charge in [0, 0.05) is 22.8 Å². The van der Waals surface area contributed by atoms with Crippen LogP contribution < -0.4 is 0 Å². The number of aromatic nitrogens is 2. The summed E-state index contributed by atoms with van der Waals surface area (Å²) < 4.78 is 8.59. The van der Waals surface area contributed by atoms with Gasteiger partial charge in [0.05, 0.1) is 16.7 Å². The van der Waals surface area contributed by atoms with E-state index in [4.69, 9.17) is 9.40 Å². The minimum Gasteiger partial charge on any atom is -0.456 e. The molecule has 2 heterocycles. The molecule has 0 spiro atoms. The standard InChI is InChI=1S/C53H36N2O/c1-2-51-54-46-20-10-12-22-48(46)55(51)47-21-11-8-16-39(47)35-24-26-36(27-25-35)52-41-18-6-7-19-42(41)53(45-32-37(28-30-43(45)52)34-14-4-3-5-15-34)38-29-31-50-44(33-38)40-17-9-13-23-49(40)56-50/h3-33H,2H2,1H3. The minimum absolute atomic E-state index is 0.844. The Balaban J connectivity index is 1.13. The minimum atomic E-state index is 0.844. The lowest BCUT2D eigenvalue weighted by molar-refractivity contribution is 0.669. The highest BCUT2D eigenvalue weighted by atomic mass is 16.3. The van der Waals surface area contributed by atoms with Gasteiger partial charge in [-0.2, -0.15) is 0 Å². The number of rotatable bonds is 6. The molecule has 0 bridgehead atoms. The van der Waals surface area contributed by atoms with Gasteiger partial charge in [-0.05, 0) is 103 Å². The van der Waals surface area contributed by atoms with Gasteiger partial charge >= 0.3 is 0 Å². The van der Waals surface area contributed by atoms with Crippen LogP contribution >= 0.6 is 0 Å². The van der Waals surface area contributed by atoms with E-state index in [9.17, 15) is 0 Å². The van der Waals surface area contributed by atoms with E-state index in [1.807, 2.05) is 12.1 Å². The zero-order chi connectivity index (χ0) is 37.2. The average Bonchev–Trinajstić information content (AvgIpc) is 3.84. The topological polar surface area (TPSA) is 31.0 Å². The van der Waals surface area contributed by atoms with E-state index >= 15 is 0 Å². The first kappa shape index (κ1) is 32.2. The summed E-state index contributed by atoms with van der Waals surface area (Å²) in [5, 5.41) is 7.16.